The summed E-state index contributed by atoms with van der Waals surface area (Å²) in [5.41, 5.74) is 2.27. The number of aromatic nitrogens is 3. The van der Waals surface area contributed by atoms with Crippen LogP contribution in [0.25, 0.3) is 11.3 Å². The highest BCUT2D eigenvalue weighted by atomic mass is 16.6. The Kier molecular flexibility index (Phi) is 5.20. The third-order valence-corrected chi connectivity index (χ3v) is 8.15. The molecule has 2 bridgehead atoms. The third kappa shape index (κ3) is 3.64. The van der Waals surface area contributed by atoms with Crippen LogP contribution in [0.2, 0.25) is 0 Å². The fourth-order valence-electron chi connectivity index (χ4n) is 6.70. The molecule has 0 aromatic carbocycles. The fourth-order valence-corrected chi connectivity index (χ4v) is 6.70. The van der Waals surface area contributed by atoms with Crippen LogP contribution in [0.3, 0.4) is 0 Å². The summed E-state index contributed by atoms with van der Waals surface area (Å²) in [6.45, 7) is 6.24. The average Bonchev–Trinajstić information content (AvgIpc) is 3.38. The van der Waals surface area contributed by atoms with Gasteiger partial charge in [0.05, 0.1) is 18.5 Å². The zero-order valence-corrected chi connectivity index (χ0v) is 19.3. The van der Waals surface area contributed by atoms with Crippen molar-refractivity contribution in [1.29, 1.82) is 0 Å². The summed E-state index contributed by atoms with van der Waals surface area (Å²) in [5, 5.41) is 0. The Morgan fingerprint density at radius 1 is 1.09 bits per heavy atom. The molecule has 3 saturated heterocycles. The van der Waals surface area contributed by atoms with E-state index in [2.05, 4.69) is 25.8 Å². The molecule has 2 aromatic rings. The summed E-state index contributed by atoms with van der Waals surface area (Å²) in [6, 6.07) is 5.71. The van der Waals surface area contributed by atoms with Gasteiger partial charge in [-0.15, -0.1) is 0 Å². The van der Waals surface area contributed by atoms with Crippen LogP contribution in [0.4, 0.5) is 10.6 Å². The van der Waals surface area contributed by atoms with E-state index in [9.17, 15) is 4.79 Å². The lowest BCUT2D eigenvalue weighted by atomic mass is 9.78. The second kappa shape index (κ2) is 8.24. The summed E-state index contributed by atoms with van der Waals surface area (Å²) in [5.74, 6) is 1.05. The van der Waals surface area contributed by atoms with Gasteiger partial charge in [0.15, 0.2) is 0 Å². The molecule has 5 heterocycles. The van der Waals surface area contributed by atoms with Gasteiger partial charge in [-0.2, -0.15) is 0 Å². The van der Waals surface area contributed by atoms with Gasteiger partial charge >= 0.3 is 6.09 Å². The van der Waals surface area contributed by atoms with Crippen molar-refractivity contribution in [2.75, 3.05) is 37.7 Å². The van der Waals surface area contributed by atoms with E-state index in [1.165, 1.54) is 32.1 Å². The zero-order valence-electron chi connectivity index (χ0n) is 19.3. The minimum atomic E-state index is -0.146. The van der Waals surface area contributed by atoms with Gasteiger partial charge in [0.2, 0.25) is 0 Å². The number of pyridine rings is 1. The standard InChI is InChI=1S/C25H32N6O2/c1-2-33-24(32)30-16-25(17-30)8-7-18(12-25)29-14-19-5-6-20(15-29)31(19)23-21(4-3-9-28-23)22-13-26-10-11-27-22/h3-4,9-11,13,18-20H,2,5-8,12,14-17H2,1H3/t18-,19-,20+/m1/s1. The van der Waals surface area contributed by atoms with Crippen LogP contribution in [0, 0.1) is 5.41 Å². The number of anilines is 1. The first-order chi connectivity index (χ1) is 16.2. The van der Waals surface area contributed by atoms with Gasteiger partial charge in [-0.25, -0.2) is 9.78 Å². The largest absolute Gasteiger partial charge is 0.450 e. The van der Waals surface area contributed by atoms with Crippen LogP contribution in [-0.4, -0.2) is 81.8 Å². The first-order valence-corrected chi connectivity index (χ1v) is 12.3. The molecule has 1 aliphatic carbocycles. The molecule has 1 saturated carbocycles. The van der Waals surface area contributed by atoms with Crippen molar-refractivity contribution in [2.45, 2.75) is 57.2 Å². The molecule has 8 nitrogen and oxygen atoms in total. The van der Waals surface area contributed by atoms with Crippen LogP contribution in [0.1, 0.15) is 39.0 Å². The van der Waals surface area contributed by atoms with E-state index in [-0.39, 0.29) is 6.09 Å². The SMILES string of the molecule is CCOC(=O)N1CC2(CC[C@@H](N3C[C@H]4CC[C@@H](C3)N4c3ncccc3-c3cnccn3)C2)C1. The minimum absolute atomic E-state index is 0.146. The maximum Gasteiger partial charge on any atom is 0.409 e. The van der Waals surface area contributed by atoms with E-state index in [0.717, 1.165) is 43.3 Å². The normalized spacial score (nSPS) is 28.2. The summed E-state index contributed by atoms with van der Waals surface area (Å²) in [6.07, 6.45) is 13.1. The highest BCUT2D eigenvalue weighted by Gasteiger charge is 2.53. The van der Waals surface area contributed by atoms with Crippen LogP contribution < -0.4 is 4.90 Å². The molecule has 4 aliphatic rings. The van der Waals surface area contributed by atoms with Gasteiger partial charge in [-0.1, -0.05) is 0 Å². The molecule has 33 heavy (non-hydrogen) atoms. The Morgan fingerprint density at radius 2 is 1.91 bits per heavy atom. The van der Waals surface area contributed by atoms with Crippen molar-refractivity contribution in [1.82, 2.24) is 24.8 Å². The number of ether oxygens (including phenoxy) is 1. The van der Waals surface area contributed by atoms with Gasteiger partial charge in [0, 0.05) is 73.9 Å². The number of hydrogen-bond acceptors (Lipinski definition) is 7. The molecular weight excluding hydrogens is 416 g/mol. The lowest BCUT2D eigenvalue weighted by molar-refractivity contribution is -0.00348. The zero-order chi connectivity index (χ0) is 22.4. The molecular formula is C25H32N6O2. The van der Waals surface area contributed by atoms with Crippen molar-refractivity contribution >= 4 is 11.9 Å². The van der Waals surface area contributed by atoms with E-state index in [1.807, 2.05) is 30.3 Å². The number of rotatable bonds is 4. The van der Waals surface area contributed by atoms with Gasteiger partial charge < -0.3 is 14.5 Å². The van der Waals surface area contributed by atoms with Crippen molar-refractivity contribution in [2.24, 2.45) is 5.41 Å². The monoisotopic (exact) mass is 448 g/mol. The van der Waals surface area contributed by atoms with Crippen molar-refractivity contribution in [3.8, 4) is 11.3 Å². The quantitative estimate of drug-likeness (QED) is 0.711. The third-order valence-electron chi connectivity index (χ3n) is 8.15. The predicted octanol–water partition coefficient (Wildman–Crippen LogP) is 3.20. The molecule has 0 radical (unpaired) electrons. The van der Waals surface area contributed by atoms with Crippen molar-refractivity contribution in [3.63, 3.8) is 0 Å². The second-order valence-corrected chi connectivity index (χ2v) is 10.2. The van der Waals surface area contributed by atoms with Gasteiger partial charge in [0.1, 0.15) is 5.82 Å². The Balaban J connectivity index is 1.14. The number of carbonyl (C=O) groups is 1. The average molecular weight is 449 g/mol. The molecule has 2 aromatic heterocycles. The van der Waals surface area contributed by atoms with Gasteiger partial charge in [-0.05, 0) is 51.2 Å². The lowest BCUT2D eigenvalue weighted by Gasteiger charge is -2.49. The summed E-state index contributed by atoms with van der Waals surface area (Å²) in [4.78, 5) is 32.8. The highest BCUT2D eigenvalue weighted by molar-refractivity contribution is 5.73. The minimum Gasteiger partial charge on any atom is -0.450 e. The van der Waals surface area contributed by atoms with E-state index >= 15 is 0 Å². The first-order valence-electron chi connectivity index (χ1n) is 12.3. The smallest absolute Gasteiger partial charge is 0.409 e. The van der Waals surface area contributed by atoms with Crippen molar-refractivity contribution < 1.29 is 9.53 Å². The number of nitrogens with zero attached hydrogens (tertiary/aromatic N) is 6. The van der Waals surface area contributed by atoms with E-state index in [4.69, 9.17) is 9.72 Å². The molecule has 6 rings (SSSR count). The Bertz CT molecular complexity index is 997. The summed E-state index contributed by atoms with van der Waals surface area (Å²) in [7, 11) is 0. The molecule has 3 aliphatic heterocycles. The maximum atomic E-state index is 12.0. The second-order valence-electron chi connectivity index (χ2n) is 10.2. The number of hydrogen-bond donors (Lipinski definition) is 0. The predicted molar refractivity (Wildman–Crippen MR) is 125 cm³/mol. The molecule has 1 amide bonds. The number of fused-ring (bicyclic) bond motifs is 2. The first kappa shape index (κ1) is 20.8. The molecule has 174 valence electrons. The van der Waals surface area contributed by atoms with Gasteiger partial charge in [0.25, 0.3) is 0 Å². The van der Waals surface area contributed by atoms with Crippen LogP contribution in [0.5, 0.6) is 0 Å². The number of piperazine rings is 1. The van der Waals surface area contributed by atoms with Crippen molar-refractivity contribution in [3.05, 3.63) is 36.9 Å². The Hall–Kier alpha value is -2.74. The summed E-state index contributed by atoms with van der Waals surface area (Å²) < 4.78 is 5.18. The molecule has 0 N–H and O–H groups in total. The Morgan fingerprint density at radius 3 is 2.64 bits per heavy atom. The number of likely N-dealkylation sites (tertiary alicyclic amines) is 2. The molecule has 0 unspecified atom stereocenters. The molecule has 4 fully saturated rings. The van der Waals surface area contributed by atoms with Gasteiger partial charge in [-0.3, -0.25) is 14.9 Å². The molecule has 3 atom stereocenters. The topological polar surface area (TPSA) is 74.7 Å². The van der Waals surface area contributed by atoms with Crippen LogP contribution in [-0.2, 0) is 4.74 Å². The lowest BCUT2D eigenvalue weighted by Crippen LogP contribution is -2.59. The number of amides is 1. The Labute approximate surface area is 195 Å². The highest BCUT2D eigenvalue weighted by Crippen LogP contribution is 2.48. The van der Waals surface area contributed by atoms with E-state index < -0.39 is 0 Å². The molecule has 1 spiro atoms. The summed E-state index contributed by atoms with van der Waals surface area (Å²) >= 11 is 0. The van der Waals surface area contributed by atoms with E-state index in [0.29, 0.717) is 30.1 Å². The van der Waals surface area contributed by atoms with Crippen LogP contribution >= 0.6 is 0 Å². The van der Waals surface area contributed by atoms with Crippen LogP contribution in [0.15, 0.2) is 36.9 Å². The number of carbonyl (C=O) groups excluding carboxylic acids is 1. The van der Waals surface area contributed by atoms with E-state index in [1.54, 1.807) is 12.4 Å². The fraction of sp³-hybridized carbons (Fsp3) is 0.600. The molecule has 8 heteroatoms. The maximum absolute atomic E-state index is 12.0.